The van der Waals surface area contributed by atoms with Crippen molar-refractivity contribution < 1.29 is 28.7 Å². The zero-order valence-electron chi connectivity index (χ0n) is 10.7. The van der Waals surface area contributed by atoms with Crippen LogP contribution in [0.15, 0.2) is 0 Å². The van der Waals surface area contributed by atoms with Crippen LogP contribution < -0.4 is 10.6 Å². The standard InChI is InChI=1S/C11H13N3O6/c1-5(14-7(15)2-3-8(14)16)10(18)20-4-6-9(17)13-11(19)12-6/h5-6H,2-4H2,1H3,(H2,12,13,17,19). The van der Waals surface area contributed by atoms with Crippen molar-refractivity contribution in [3.05, 3.63) is 0 Å². The monoisotopic (exact) mass is 283 g/mol. The summed E-state index contributed by atoms with van der Waals surface area (Å²) in [6.07, 6.45) is 0.162. The SMILES string of the molecule is CC(C(=O)OCC1NC(=O)NC1=O)N1C(=O)CCC1=O. The number of amides is 5. The number of esters is 1. The lowest BCUT2D eigenvalue weighted by Crippen LogP contribution is -2.45. The second-order valence-electron chi connectivity index (χ2n) is 4.48. The molecule has 20 heavy (non-hydrogen) atoms. The topological polar surface area (TPSA) is 122 Å². The molecule has 0 aliphatic carbocycles. The molecule has 9 heteroatoms. The van der Waals surface area contributed by atoms with Crippen molar-refractivity contribution in [3.63, 3.8) is 0 Å². The smallest absolute Gasteiger partial charge is 0.329 e. The van der Waals surface area contributed by atoms with Crippen molar-refractivity contribution in [1.29, 1.82) is 0 Å². The Balaban J connectivity index is 1.88. The van der Waals surface area contributed by atoms with E-state index in [2.05, 4.69) is 5.32 Å². The molecule has 2 fully saturated rings. The Bertz CT molecular complexity index is 486. The van der Waals surface area contributed by atoms with Gasteiger partial charge in [-0.25, -0.2) is 9.59 Å². The van der Waals surface area contributed by atoms with E-state index in [1.54, 1.807) is 0 Å². The zero-order chi connectivity index (χ0) is 14.9. The van der Waals surface area contributed by atoms with Crippen LogP contribution in [-0.2, 0) is 23.9 Å². The number of imide groups is 2. The zero-order valence-corrected chi connectivity index (χ0v) is 10.7. The number of hydrogen-bond donors (Lipinski definition) is 2. The summed E-state index contributed by atoms with van der Waals surface area (Å²) >= 11 is 0. The highest BCUT2D eigenvalue weighted by atomic mass is 16.5. The minimum absolute atomic E-state index is 0.0809. The molecule has 0 radical (unpaired) electrons. The molecule has 2 rings (SSSR count). The van der Waals surface area contributed by atoms with E-state index < -0.39 is 41.8 Å². The highest BCUT2D eigenvalue weighted by Crippen LogP contribution is 2.16. The minimum atomic E-state index is -1.04. The summed E-state index contributed by atoms with van der Waals surface area (Å²) in [7, 11) is 0. The van der Waals surface area contributed by atoms with Crippen LogP contribution in [0.3, 0.4) is 0 Å². The van der Waals surface area contributed by atoms with Crippen molar-refractivity contribution in [2.24, 2.45) is 0 Å². The van der Waals surface area contributed by atoms with Gasteiger partial charge in [0.05, 0.1) is 0 Å². The third-order valence-corrected chi connectivity index (χ3v) is 3.07. The molecular weight excluding hydrogens is 270 g/mol. The maximum absolute atomic E-state index is 11.8. The Hall–Kier alpha value is -2.45. The number of nitrogens with zero attached hydrogens (tertiary/aromatic N) is 1. The first-order valence-corrected chi connectivity index (χ1v) is 6.03. The number of ether oxygens (including phenoxy) is 1. The number of carbonyl (C=O) groups excluding carboxylic acids is 5. The largest absolute Gasteiger partial charge is 0.461 e. The van der Waals surface area contributed by atoms with Crippen LogP contribution in [0.2, 0.25) is 0 Å². The molecule has 5 amide bonds. The van der Waals surface area contributed by atoms with Crippen molar-refractivity contribution in [1.82, 2.24) is 15.5 Å². The number of likely N-dealkylation sites (tertiary alicyclic amines) is 1. The summed E-state index contributed by atoms with van der Waals surface area (Å²) < 4.78 is 4.85. The predicted molar refractivity (Wildman–Crippen MR) is 62.0 cm³/mol. The van der Waals surface area contributed by atoms with E-state index in [0.29, 0.717) is 0 Å². The van der Waals surface area contributed by atoms with Crippen LogP contribution >= 0.6 is 0 Å². The quantitative estimate of drug-likeness (QED) is 0.359. The second-order valence-corrected chi connectivity index (χ2v) is 4.48. The van der Waals surface area contributed by atoms with Crippen LogP contribution in [0.5, 0.6) is 0 Å². The molecule has 2 heterocycles. The van der Waals surface area contributed by atoms with Crippen LogP contribution in [0.1, 0.15) is 19.8 Å². The summed E-state index contributed by atoms with van der Waals surface area (Å²) in [5.74, 6) is -2.25. The average molecular weight is 283 g/mol. The van der Waals surface area contributed by atoms with Gasteiger partial charge >= 0.3 is 12.0 Å². The van der Waals surface area contributed by atoms with Gasteiger partial charge < -0.3 is 10.1 Å². The van der Waals surface area contributed by atoms with E-state index in [0.717, 1.165) is 4.90 Å². The maximum atomic E-state index is 11.8. The summed E-state index contributed by atoms with van der Waals surface area (Å²) in [4.78, 5) is 57.6. The van der Waals surface area contributed by atoms with Crippen molar-refractivity contribution >= 4 is 29.7 Å². The molecule has 0 aromatic rings. The van der Waals surface area contributed by atoms with Crippen LogP contribution in [0.25, 0.3) is 0 Å². The molecule has 2 aliphatic rings. The lowest BCUT2D eigenvalue weighted by atomic mass is 10.3. The highest BCUT2D eigenvalue weighted by molar-refractivity contribution is 6.05. The van der Waals surface area contributed by atoms with Gasteiger partial charge in [-0.1, -0.05) is 0 Å². The molecule has 108 valence electrons. The molecule has 0 aromatic carbocycles. The van der Waals surface area contributed by atoms with Gasteiger partial charge in [0.2, 0.25) is 11.8 Å². The van der Waals surface area contributed by atoms with Crippen LogP contribution in [0, 0.1) is 0 Å². The summed E-state index contributed by atoms with van der Waals surface area (Å²) in [6.45, 7) is 1.02. The molecule has 9 nitrogen and oxygen atoms in total. The van der Waals surface area contributed by atoms with Crippen molar-refractivity contribution in [2.45, 2.75) is 31.8 Å². The first-order chi connectivity index (χ1) is 9.40. The van der Waals surface area contributed by atoms with Gasteiger partial charge in [-0.05, 0) is 6.92 Å². The maximum Gasteiger partial charge on any atom is 0.329 e. The van der Waals surface area contributed by atoms with E-state index in [4.69, 9.17) is 4.74 Å². The van der Waals surface area contributed by atoms with Gasteiger partial charge in [0.1, 0.15) is 18.7 Å². The van der Waals surface area contributed by atoms with Gasteiger partial charge in [-0.15, -0.1) is 0 Å². The fraction of sp³-hybridized carbons (Fsp3) is 0.545. The Kier molecular flexibility index (Phi) is 3.68. The Morgan fingerprint density at radius 2 is 1.90 bits per heavy atom. The lowest BCUT2D eigenvalue weighted by Gasteiger charge is -2.21. The van der Waals surface area contributed by atoms with E-state index in [1.807, 2.05) is 5.32 Å². The average Bonchev–Trinajstić information content (AvgIpc) is 2.88. The number of rotatable bonds is 4. The van der Waals surface area contributed by atoms with E-state index >= 15 is 0 Å². The molecule has 2 N–H and O–H groups in total. The Morgan fingerprint density at radius 1 is 1.30 bits per heavy atom. The minimum Gasteiger partial charge on any atom is -0.461 e. The molecule has 0 aromatic heterocycles. The first-order valence-electron chi connectivity index (χ1n) is 6.03. The van der Waals surface area contributed by atoms with Crippen LogP contribution in [0.4, 0.5) is 4.79 Å². The molecular formula is C11H13N3O6. The molecule has 2 saturated heterocycles. The van der Waals surface area contributed by atoms with Gasteiger partial charge in [0.25, 0.3) is 5.91 Å². The predicted octanol–water partition coefficient (Wildman–Crippen LogP) is -1.72. The number of carbonyl (C=O) groups is 5. The van der Waals surface area contributed by atoms with E-state index in [-0.39, 0.29) is 19.4 Å². The highest BCUT2D eigenvalue weighted by Gasteiger charge is 2.38. The molecule has 0 bridgehead atoms. The van der Waals surface area contributed by atoms with Gasteiger partial charge in [-0.3, -0.25) is 24.6 Å². The fourth-order valence-corrected chi connectivity index (χ4v) is 1.99. The van der Waals surface area contributed by atoms with Gasteiger partial charge in [-0.2, -0.15) is 0 Å². The Morgan fingerprint density at radius 3 is 2.40 bits per heavy atom. The molecule has 0 spiro atoms. The fourth-order valence-electron chi connectivity index (χ4n) is 1.99. The van der Waals surface area contributed by atoms with E-state index in [9.17, 15) is 24.0 Å². The summed E-state index contributed by atoms with van der Waals surface area (Å²) in [5, 5.41) is 4.25. The van der Waals surface area contributed by atoms with Crippen LogP contribution in [-0.4, -0.2) is 53.3 Å². The number of urea groups is 1. The summed E-state index contributed by atoms with van der Waals surface area (Å²) in [6, 6.07) is -2.66. The van der Waals surface area contributed by atoms with Crippen molar-refractivity contribution in [3.8, 4) is 0 Å². The molecule has 2 aliphatic heterocycles. The second kappa shape index (κ2) is 5.27. The third kappa shape index (κ3) is 2.60. The van der Waals surface area contributed by atoms with E-state index in [1.165, 1.54) is 6.92 Å². The Labute approximate surface area is 113 Å². The van der Waals surface area contributed by atoms with Gasteiger partial charge in [0.15, 0.2) is 0 Å². The van der Waals surface area contributed by atoms with Gasteiger partial charge in [0, 0.05) is 12.8 Å². The molecule has 0 saturated carbocycles. The summed E-state index contributed by atoms with van der Waals surface area (Å²) in [5.41, 5.74) is 0. The molecule has 2 unspecified atom stereocenters. The third-order valence-electron chi connectivity index (χ3n) is 3.07. The molecule has 2 atom stereocenters. The van der Waals surface area contributed by atoms with Crippen molar-refractivity contribution in [2.75, 3.05) is 6.61 Å². The first kappa shape index (κ1) is 14.0. The normalized spacial score (nSPS) is 23.6. The number of hydrogen-bond acceptors (Lipinski definition) is 6. The number of nitrogens with one attached hydrogen (secondary N) is 2. The lowest BCUT2D eigenvalue weighted by molar-refractivity contribution is -0.158.